The second-order valence-electron chi connectivity index (χ2n) is 4.37. The van der Waals surface area contributed by atoms with Gasteiger partial charge < -0.3 is 0 Å². The molecule has 20 heavy (non-hydrogen) atoms. The van der Waals surface area contributed by atoms with Gasteiger partial charge in [-0.1, -0.05) is 25.1 Å². The van der Waals surface area contributed by atoms with Crippen molar-refractivity contribution in [1.29, 1.82) is 0 Å². The molecule has 0 saturated heterocycles. The standard InChI is InChI=1S/C14H15N3O3/c1-2-9(14(20)16-15)10-5-3-4-6-11(10)17-12(18)7-8-13(17)19/h3-9H,2,15H2,1H3,(H,16,20). The Morgan fingerprint density at radius 1 is 1.25 bits per heavy atom. The molecule has 1 unspecified atom stereocenters. The van der Waals surface area contributed by atoms with Crippen LogP contribution in [0, 0.1) is 0 Å². The number of hydrogen-bond acceptors (Lipinski definition) is 4. The summed E-state index contributed by atoms with van der Waals surface area (Å²) in [6, 6.07) is 6.83. The quantitative estimate of drug-likeness (QED) is 0.363. The molecule has 0 aliphatic carbocycles. The van der Waals surface area contributed by atoms with Crippen LogP contribution in [0.3, 0.4) is 0 Å². The molecule has 0 fully saturated rings. The van der Waals surface area contributed by atoms with E-state index in [1.165, 1.54) is 12.2 Å². The average Bonchev–Trinajstić information content (AvgIpc) is 2.79. The van der Waals surface area contributed by atoms with E-state index in [9.17, 15) is 14.4 Å². The van der Waals surface area contributed by atoms with Gasteiger partial charge in [-0.05, 0) is 18.1 Å². The zero-order valence-corrected chi connectivity index (χ0v) is 11.0. The van der Waals surface area contributed by atoms with Gasteiger partial charge in [0.25, 0.3) is 11.8 Å². The fraction of sp³-hybridized carbons (Fsp3) is 0.214. The van der Waals surface area contributed by atoms with Crippen molar-refractivity contribution >= 4 is 23.4 Å². The lowest BCUT2D eigenvalue weighted by molar-refractivity contribution is -0.123. The number of nitrogens with two attached hydrogens (primary N) is 1. The topological polar surface area (TPSA) is 92.5 Å². The van der Waals surface area contributed by atoms with Gasteiger partial charge in [0, 0.05) is 12.2 Å². The zero-order chi connectivity index (χ0) is 14.7. The van der Waals surface area contributed by atoms with Crippen LogP contribution in [0.2, 0.25) is 0 Å². The number of nitrogens with zero attached hydrogens (tertiary/aromatic N) is 1. The van der Waals surface area contributed by atoms with Crippen molar-refractivity contribution in [2.75, 3.05) is 4.90 Å². The van der Waals surface area contributed by atoms with Crippen molar-refractivity contribution in [3.63, 3.8) is 0 Å². The molecule has 104 valence electrons. The minimum Gasteiger partial charge on any atom is -0.294 e. The molecule has 6 nitrogen and oxygen atoms in total. The summed E-state index contributed by atoms with van der Waals surface area (Å²) in [4.78, 5) is 36.5. The average molecular weight is 273 g/mol. The van der Waals surface area contributed by atoms with E-state index in [4.69, 9.17) is 5.84 Å². The Bertz CT molecular complexity index is 577. The first kappa shape index (κ1) is 14.0. The van der Waals surface area contributed by atoms with Crippen LogP contribution in [0.15, 0.2) is 36.4 Å². The van der Waals surface area contributed by atoms with Gasteiger partial charge in [0.05, 0.1) is 11.6 Å². The lowest BCUT2D eigenvalue weighted by Gasteiger charge is -2.22. The van der Waals surface area contributed by atoms with E-state index in [1.807, 2.05) is 6.92 Å². The van der Waals surface area contributed by atoms with E-state index in [2.05, 4.69) is 5.43 Å². The number of benzene rings is 1. The Balaban J connectivity index is 2.48. The SMILES string of the molecule is CCC(C(=O)NN)c1ccccc1N1C(=O)C=CC1=O. The molecule has 0 aromatic heterocycles. The summed E-state index contributed by atoms with van der Waals surface area (Å²) in [5, 5.41) is 0. The number of anilines is 1. The maximum Gasteiger partial charge on any atom is 0.258 e. The van der Waals surface area contributed by atoms with E-state index in [0.717, 1.165) is 4.90 Å². The maximum atomic E-state index is 11.8. The summed E-state index contributed by atoms with van der Waals surface area (Å²) < 4.78 is 0. The minimum atomic E-state index is -0.516. The van der Waals surface area contributed by atoms with Crippen molar-refractivity contribution in [3.05, 3.63) is 42.0 Å². The van der Waals surface area contributed by atoms with Crippen LogP contribution in [-0.2, 0) is 14.4 Å². The van der Waals surface area contributed by atoms with Gasteiger partial charge in [-0.25, -0.2) is 10.7 Å². The molecule has 1 aromatic rings. The van der Waals surface area contributed by atoms with E-state index in [1.54, 1.807) is 24.3 Å². The predicted molar refractivity (Wildman–Crippen MR) is 73.4 cm³/mol. The Morgan fingerprint density at radius 2 is 1.85 bits per heavy atom. The van der Waals surface area contributed by atoms with Crippen molar-refractivity contribution < 1.29 is 14.4 Å². The molecule has 3 amide bonds. The summed E-state index contributed by atoms with van der Waals surface area (Å²) in [5.41, 5.74) is 3.13. The van der Waals surface area contributed by atoms with Gasteiger partial charge in [-0.2, -0.15) is 0 Å². The Labute approximate surface area is 116 Å². The number of nitrogens with one attached hydrogen (secondary N) is 1. The summed E-state index contributed by atoms with van der Waals surface area (Å²) >= 11 is 0. The van der Waals surface area contributed by atoms with Gasteiger partial charge in [0.15, 0.2) is 0 Å². The molecule has 1 aliphatic rings. The molecule has 0 radical (unpaired) electrons. The summed E-state index contributed by atoms with van der Waals surface area (Å²) in [6.07, 6.45) is 2.93. The smallest absolute Gasteiger partial charge is 0.258 e. The summed E-state index contributed by atoms with van der Waals surface area (Å²) in [5.74, 6) is 3.49. The predicted octanol–water partition coefficient (Wildman–Crippen LogP) is 0.599. The van der Waals surface area contributed by atoms with Crippen LogP contribution < -0.4 is 16.2 Å². The second kappa shape index (κ2) is 5.66. The number of amides is 3. The van der Waals surface area contributed by atoms with Crippen molar-refractivity contribution in [1.82, 2.24) is 5.43 Å². The Morgan fingerprint density at radius 3 is 2.40 bits per heavy atom. The number of carbonyl (C=O) groups excluding carboxylic acids is 3. The molecule has 0 bridgehead atoms. The van der Waals surface area contributed by atoms with E-state index < -0.39 is 17.7 Å². The van der Waals surface area contributed by atoms with Crippen LogP contribution in [0.25, 0.3) is 0 Å². The van der Waals surface area contributed by atoms with Crippen LogP contribution in [-0.4, -0.2) is 17.7 Å². The van der Waals surface area contributed by atoms with Crippen molar-refractivity contribution in [2.45, 2.75) is 19.3 Å². The van der Waals surface area contributed by atoms with E-state index in [-0.39, 0.29) is 5.91 Å². The maximum absolute atomic E-state index is 11.8. The highest BCUT2D eigenvalue weighted by atomic mass is 16.2. The second-order valence-corrected chi connectivity index (χ2v) is 4.37. The number of hydrogen-bond donors (Lipinski definition) is 2. The van der Waals surface area contributed by atoms with E-state index >= 15 is 0 Å². The highest BCUT2D eigenvalue weighted by molar-refractivity contribution is 6.28. The Kier molecular flexibility index (Phi) is 3.95. The van der Waals surface area contributed by atoms with E-state index in [0.29, 0.717) is 17.7 Å². The lowest BCUT2D eigenvalue weighted by Crippen LogP contribution is -2.36. The molecule has 0 spiro atoms. The first-order valence-electron chi connectivity index (χ1n) is 6.25. The number of carbonyl (C=O) groups is 3. The highest BCUT2D eigenvalue weighted by Gasteiger charge is 2.30. The highest BCUT2D eigenvalue weighted by Crippen LogP contribution is 2.31. The first-order chi connectivity index (χ1) is 9.60. The van der Waals surface area contributed by atoms with Crippen molar-refractivity contribution in [3.8, 4) is 0 Å². The largest absolute Gasteiger partial charge is 0.294 e. The molecule has 1 atom stereocenters. The third-order valence-corrected chi connectivity index (χ3v) is 3.23. The van der Waals surface area contributed by atoms with Crippen LogP contribution in [0.5, 0.6) is 0 Å². The number of hydrazine groups is 1. The molecule has 6 heteroatoms. The lowest BCUT2D eigenvalue weighted by atomic mass is 9.93. The van der Waals surface area contributed by atoms with Gasteiger partial charge in [0.1, 0.15) is 0 Å². The monoisotopic (exact) mass is 273 g/mol. The molecule has 1 aromatic carbocycles. The van der Waals surface area contributed by atoms with Crippen molar-refractivity contribution in [2.24, 2.45) is 5.84 Å². The third kappa shape index (κ3) is 2.33. The first-order valence-corrected chi connectivity index (χ1v) is 6.25. The Hall–Kier alpha value is -2.47. The number of para-hydroxylation sites is 1. The summed E-state index contributed by atoms with van der Waals surface area (Å²) in [7, 11) is 0. The van der Waals surface area contributed by atoms with Crippen LogP contribution in [0.1, 0.15) is 24.8 Å². The minimum absolute atomic E-state index is 0.355. The fourth-order valence-electron chi connectivity index (χ4n) is 2.27. The van der Waals surface area contributed by atoms with Gasteiger partial charge in [-0.3, -0.25) is 19.8 Å². The molecule has 0 saturated carbocycles. The van der Waals surface area contributed by atoms with Gasteiger partial charge in [0.2, 0.25) is 5.91 Å². The zero-order valence-electron chi connectivity index (χ0n) is 11.0. The van der Waals surface area contributed by atoms with Crippen LogP contribution >= 0.6 is 0 Å². The van der Waals surface area contributed by atoms with Gasteiger partial charge in [-0.15, -0.1) is 0 Å². The molecule has 1 heterocycles. The molecular formula is C14H15N3O3. The molecule has 2 rings (SSSR count). The van der Waals surface area contributed by atoms with Crippen LogP contribution in [0.4, 0.5) is 5.69 Å². The fourth-order valence-corrected chi connectivity index (χ4v) is 2.27. The third-order valence-electron chi connectivity index (χ3n) is 3.23. The molecular weight excluding hydrogens is 258 g/mol. The number of imide groups is 1. The molecule has 1 aliphatic heterocycles. The number of rotatable bonds is 4. The normalized spacial score (nSPS) is 15.6. The molecule has 3 N–H and O–H groups in total. The summed E-state index contributed by atoms with van der Waals surface area (Å²) in [6.45, 7) is 1.84. The van der Waals surface area contributed by atoms with Gasteiger partial charge >= 0.3 is 0 Å².